The van der Waals surface area contributed by atoms with Crippen LogP contribution in [0.2, 0.25) is 10.0 Å². The number of carbonyl (C=O) groups excluding carboxylic acids is 1. The summed E-state index contributed by atoms with van der Waals surface area (Å²) >= 11 is 12.2. The van der Waals surface area contributed by atoms with Gasteiger partial charge in [0.15, 0.2) is 5.78 Å². The van der Waals surface area contributed by atoms with Gasteiger partial charge in [-0.15, -0.1) is 0 Å². The Labute approximate surface area is 170 Å². The van der Waals surface area contributed by atoms with Crippen LogP contribution in [0.15, 0.2) is 48.5 Å². The molecule has 0 spiro atoms. The van der Waals surface area contributed by atoms with E-state index >= 15 is 0 Å². The lowest BCUT2D eigenvalue weighted by Crippen LogP contribution is -2.35. The fraction of sp³-hybridized carbons (Fsp3) is 0.381. The zero-order valence-electron chi connectivity index (χ0n) is 15.3. The van der Waals surface area contributed by atoms with Crippen LogP contribution >= 0.6 is 23.2 Å². The van der Waals surface area contributed by atoms with Crippen LogP contribution in [0.25, 0.3) is 0 Å². The SMILES string of the molecule is CCCNCC(O)COC(Cc1ccc(Cl)cc1Cl)C(=O)c1ccccc1. The summed E-state index contributed by atoms with van der Waals surface area (Å²) in [4.78, 5) is 12.9. The van der Waals surface area contributed by atoms with Gasteiger partial charge in [0.2, 0.25) is 0 Å². The smallest absolute Gasteiger partial charge is 0.191 e. The van der Waals surface area contributed by atoms with E-state index in [1.54, 1.807) is 30.3 Å². The molecule has 2 N–H and O–H groups in total. The second-order valence-electron chi connectivity index (χ2n) is 6.35. The number of ketones is 1. The summed E-state index contributed by atoms with van der Waals surface area (Å²) < 4.78 is 5.81. The number of hydrogen-bond donors (Lipinski definition) is 2. The summed E-state index contributed by atoms with van der Waals surface area (Å²) in [7, 11) is 0. The van der Waals surface area contributed by atoms with E-state index in [1.807, 2.05) is 18.2 Å². The molecule has 0 aliphatic rings. The van der Waals surface area contributed by atoms with Crippen LogP contribution < -0.4 is 5.32 Å². The average Bonchev–Trinajstić information content (AvgIpc) is 2.67. The molecule has 0 aliphatic heterocycles. The van der Waals surface area contributed by atoms with Crippen molar-refractivity contribution in [2.45, 2.75) is 32.0 Å². The third-order valence-corrected chi connectivity index (χ3v) is 4.65. The van der Waals surface area contributed by atoms with Crippen molar-refractivity contribution in [2.24, 2.45) is 0 Å². The van der Waals surface area contributed by atoms with E-state index < -0.39 is 12.2 Å². The van der Waals surface area contributed by atoms with E-state index in [-0.39, 0.29) is 12.4 Å². The zero-order chi connectivity index (χ0) is 19.6. The quantitative estimate of drug-likeness (QED) is 0.431. The van der Waals surface area contributed by atoms with Gasteiger partial charge in [-0.1, -0.05) is 66.5 Å². The van der Waals surface area contributed by atoms with Gasteiger partial charge in [-0.25, -0.2) is 0 Å². The maximum Gasteiger partial charge on any atom is 0.191 e. The van der Waals surface area contributed by atoms with Crippen molar-refractivity contribution in [3.8, 4) is 0 Å². The molecule has 0 amide bonds. The molecular weight excluding hydrogens is 385 g/mol. The van der Waals surface area contributed by atoms with E-state index in [4.69, 9.17) is 27.9 Å². The van der Waals surface area contributed by atoms with E-state index in [2.05, 4.69) is 12.2 Å². The highest BCUT2D eigenvalue weighted by molar-refractivity contribution is 6.35. The number of rotatable bonds is 11. The van der Waals surface area contributed by atoms with Crippen molar-refractivity contribution >= 4 is 29.0 Å². The lowest BCUT2D eigenvalue weighted by atomic mass is 9.99. The number of halogens is 2. The lowest BCUT2D eigenvalue weighted by molar-refractivity contribution is -0.00161. The summed E-state index contributed by atoms with van der Waals surface area (Å²) in [5.74, 6) is -0.143. The van der Waals surface area contributed by atoms with Gasteiger partial charge in [-0.2, -0.15) is 0 Å². The molecule has 0 saturated heterocycles. The summed E-state index contributed by atoms with van der Waals surface area (Å²) in [5.41, 5.74) is 1.33. The molecule has 2 aromatic rings. The molecule has 0 aliphatic carbocycles. The fourth-order valence-corrected chi connectivity index (χ4v) is 3.12. The predicted molar refractivity (Wildman–Crippen MR) is 110 cm³/mol. The number of benzene rings is 2. The number of aliphatic hydroxyl groups excluding tert-OH is 1. The first-order valence-corrected chi connectivity index (χ1v) is 9.80. The van der Waals surface area contributed by atoms with E-state index in [0.717, 1.165) is 18.5 Å². The molecule has 2 rings (SSSR count). The molecule has 6 heteroatoms. The third kappa shape index (κ3) is 7.24. The maximum atomic E-state index is 12.9. The summed E-state index contributed by atoms with van der Waals surface area (Å²) in [6, 6.07) is 14.1. The van der Waals surface area contributed by atoms with Gasteiger partial charge in [0.25, 0.3) is 0 Å². The number of carbonyl (C=O) groups is 1. The molecule has 0 saturated carbocycles. The molecule has 2 unspecified atom stereocenters. The van der Waals surface area contributed by atoms with Crippen LogP contribution in [0, 0.1) is 0 Å². The second-order valence-corrected chi connectivity index (χ2v) is 7.19. The summed E-state index contributed by atoms with van der Waals surface area (Å²) in [5, 5.41) is 14.2. The van der Waals surface area contributed by atoms with Crippen LogP contribution in [0.3, 0.4) is 0 Å². The highest BCUT2D eigenvalue weighted by Crippen LogP contribution is 2.23. The molecule has 0 fully saturated rings. The largest absolute Gasteiger partial charge is 0.389 e. The van der Waals surface area contributed by atoms with Crippen LogP contribution in [-0.4, -0.2) is 42.8 Å². The molecule has 0 radical (unpaired) electrons. The molecule has 4 nitrogen and oxygen atoms in total. The first-order valence-electron chi connectivity index (χ1n) is 9.04. The van der Waals surface area contributed by atoms with Gasteiger partial charge >= 0.3 is 0 Å². The lowest BCUT2D eigenvalue weighted by Gasteiger charge is -2.20. The van der Waals surface area contributed by atoms with E-state index in [0.29, 0.717) is 28.6 Å². The van der Waals surface area contributed by atoms with Gasteiger partial charge in [-0.3, -0.25) is 4.79 Å². The van der Waals surface area contributed by atoms with Crippen molar-refractivity contribution in [1.29, 1.82) is 0 Å². The van der Waals surface area contributed by atoms with Crippen LogP contribution in [0.5, 0.6) is 0 Å². The van der Waals surface area contributed by atoms with Crippen LogP contribution in [0.4, 0.5) is 0 Å². The van der Waals surface area contributed by atoms with E-state index in [9.17, 15) is 9.90 Å². The van der Waals surface area contributed by atoms with Gasteiger partial charge in [0.1, 0.15) is 6.10 Å². The monoisotopic (exact) mass is 409 g/mol. The van der Waals surface area contributed by atoms with Crippen molar-refractivity contribution in [3.05, 3.63) is 69.7 Å². The fourth-order valence-electron chi connectivity index (χ4n) is 2.63. The normalized spacial score (nSPS) is 13.3. The van der Waals surface area contributed by atoms with Crippen molar-refractivity contribution in [3.63, 3.8) is 0 Å². The first-order chi connectivity index (χ1) is 13.0. The Hall–Kier alpha value is -1.43. The van der Waals surface area contributed by atoms with Crippen LogP contribution in [0.1, 0.15) is 29.3 Å². The Morgan fingerprint density at radius 1 is 1.19 bits per heavy atom. The Morgan fingerprint density at radius 3 is 2.59 bits per heavy atom. The molecule has 0 bridgehead atoms. The average molecular weight is 410 g/mol. The Balaban J connectivity index is 2.09. The first kappa shape index (κ1) is 21.9. The molecule has 2 aromatic carbocycles. The Morgan fingerprint density at radius 2 is 1.93 bits per heavy atom. The second kappa shape index (κ2) is 11.4. The number of Topliss-reactive ketones (excluding diaryl/α,β-unsaturated/α-hetero) is 1. The van der Waals surface area contributed by atoms with Crippen LogP contribution in [-0.2, 0) is 11.2 Å². The number of ether oxygens (including phenoxy) is 1. The number of hydrogen-bond acceptors (Lipinski definition) is 4. The van der Waals surface area contributed by atoms with E-state index in [1.165, 1.54) is 0 Å². The number of nitrogens with one attached hydrogen (secondary N) is 1. The number of aliphatic hydroxyl groups is 1. The van der Waals surface area contributed by atoms with Gasteiger partial charge in [0.05, 0.1) is 12.7 Å². The maximum absolute atomic E-state index is 12.9. The highest BCUT2D eigenvalue weighted by Gasteiger charge is 2.23. The van der Waals surface area contributed by atoms with Gasteiger partial charge in [0, 0.05) is 28.6 Å². The molecule has 2 atom stereocenters. The third-order valence-electron chi connectivity index (χ3n) is 4.07. The topological polar surface area (TPSA) is 58.6 Å². The van der Waals surface area contributed by atoms with Gasteiger partial charge in [-0.05, 0) is 30.7 Å². The molecular formula is C21H25Cl2NO3. The van der Waals surface area contributed by atoms with Gasteiger partial charge < -0.3 is 15.2 Å². The zero-order valence-corrected chi connectivity index (χ0v) is 16.8. The minimum Gasteiger partial charge on any atom is -0.389 e. The summed E-state index contributed by atoms with van der Waals surface area (Å²) in [6.07, 6.45) is -0.147. The molecule has 146 valence electrons. The molecule has 27 heavy (non-hydrogen) atoms. The Bertz CT molecular complexity index is 725. The molecule has 0 aromatic heterocycles. The van der Waals surface area contributed by atoms with Crippen molar-refractivity contribution in [1.82, 2.24) is 5.32 Å². The minimum absolute atomic E-state index is 0.0607. The Kier molecular flexibility index (Phi) is 9.25. The predicted octanol–water partition coefficient (Wildman–Crippen LogP) is 4.16. The highest BCUT2D eigenvalue weighted by atomic mass is 35.5. The summed E-state index contributed by atoms with van der Waals surface area (Å²) in [6.45, 7) is 3.36. The van der Waals surface area contributed by atoms with Crippen molar-refractivity contribution < 1.29 is 14.6 Å². The molecule has 0 heterocycles. The van der Waals surface area contributed by atoms with Crippen molar-refractivity contribution in [2.75, 3.05) is 19.7 Å². The standard InChI is InChI=1S/C21H25Cl2NO3/c1-2-10-24-13-18(25)14-27-20(21(26)15-6-4-3-5-7-15)11-16-8-9-17(22)12-19(16)23/h3-9,12,18,20,24-25H,2,10-11,13-14H2,1H3. The minimum atomic E-state index is -0.744.